The number of nitrogens with two attached hydrogens (primary N) is 1. The van der Waals surface area contributed by atoms with Gasteiger partial charge in [-0.15, -0.1) is 0 Å². The third-order valence-electron chi connectivity index (χ3n) is 2.46. The van der Waals surface area contributed by atoms with Crippen LogP contribution in [0.3, 0.4) is 0 Å². The first-order chi connectivity index (χ1) is 8.78. The van der Waals surface area contributed by atoms with E-state index in [1.54, 1.807) is 32.7 Å². The molecule has 18 heavy (non-hydrogen) atoms. The van der Waals surface area contributed by atoms with Crippen LogP contribution in [0.1, 0.15) is 0 Å². The quantitative estimate of drug-likeness (QED) is 0.627. The van der Waals surface area contributed by atoms with Crippen molar-refractivity contribution < 1.29 is 9.47 Å². The molecule has 0 atom stereocenters. The Morgan fingerprint density at radius 1 is 1.00 bits per heavy atom. The van der Waals surface area contributed by atoms with Gasteiger partial charge in [0.05, 0.1) is 14.2 Å². The smallest absolute Gasteiger partial charge is 0.166 e. The lowest BCUT2D eigenvalue weighted by Gasteiger charge is -2.10. The molecular formula is C12H14N4O2. The zero-order valence-corrected chi connectivity index (χ0v) is 10.2. The molecule has 0 unspecified atom stereocenters. The van der Waals surface area contributed by atoms with Gasteiger partial charge in [0.15, 0.2) is 5.82 Å². The molecule has 1 heterocycles. The van der Waals surface area contributed by atoms with E-state index in [9.17, 15) is 0 Å². The van der Waals surface area contributed by atoms with E-state index in [2.05, 4.69) is 15.4 Å². The van der Waals surface area contributed by atoms with Crippen molar-refractivity contribution in [1.82, 2.24) is 9.97 Å². The Balaban J connectivity index is 2.55. The first-order valence-electron chi connectivity index (χ1n) is 5.29. The van der Waals surface area contributed by atoms with Crippen molar-refractivity contribution >= 4 is 5.82 Å². The van der Waals surface area contributed by atoms with E-state index in [-0.39, 0.29) is 0 Å². The van der Waals surface area contributed by atoms with Gasteiger partial charge in [-0.1, -0.05) is 0 Å². The fourth-order valence-electron chi connectivity index (χ4n) is 1.60. The number of benzene rings is 1. The molecule has 3 N–H and O–H groups in total. The predicted octanol–water partition coefficient (Wildman–Crippen LogP) is 1.45. The highest BCUT2D eigenvalue weighted by Gasteiger charge is 2.10. The molecule has 94 valence electrons. The number of methoxy groups -OCH3 is 2. The minimum absolute atomic E-state index is 0.493. The molecule has 1 aromatic heterocycles. The first kappa shape index (κ1) is 12.1. The maximum absolute atomic E-state index is 5.41. The van der Waals surface area contributed by atoms with Crippen LogP contribution >= 0.6 is 0 Å². The maximum atomic E-state index is 5.41. The molecule has 0 spiro atoms. The van der Waals surface area contributed by atoms with Crippen LogP contribution in [0.2, 0.25) is 0 Å². The molecule has 0 bridgehead atoms. The van der Waals surface area contributed by atoms with E-state index in [1.807, 2.05) is 12.1 Å². The van der Waals surface area contributed by atoms with Gasteiger partial charge in [0.25, 0.3) is 0 Å². The Kier molecular flexibility index (Phi) is 3.59. The summed E-state index contributed by atoms with van der Waals surface area (Å²) in [6, 6.07) is 5.47. The standard InChI is InChI=1S/C12H14N4O2/c1-17-9-5-8(6-10(7-9)18-2)11-12(16-13)15-4-3-14-11/h3-7H,13H2,1-2H3,(H,15,16). The number of aromatic nitrogens is 2. The number of ether oxygens (including phenoxy) is 2. The highest BCUT2D eigenvalue weighted by Crippen LogP contribution is 2.31. The number of hydrogen-bond donors (Lipinski definition) is 2. The summed E-state index contributed by atoms with van der Waals surface area (Å²) < 4.78 is 10.4. The molecule has 0 radical (unpaired) electrons. The normalized spacial score (nSPS) is 9.94. The average molecular weight is 246 g/mol. The van der Waals surface area contributed by atoms with Crippen molar-refractivity contribution in [2.24, 2.45) is 5.84 Å². The minimum atomic E-state index is 0.493. The summed E-state index contributed by atoms with van der Waals surface area (Å²) in [5.74, 6) is 7.26. The molecule has 0 fully saturated rings. The summed E-state index contributed by atoms with van der Waals surface area (Å²) in [6.07, 6.45) is 3.16. The molecule has 0 saturated carbocycles. The summed E-state index contributed by atoms with van der Waals surface area (Å²) in [5, 5.41) is 0. The minimum Gasteiger partial charge on any atom is -0.497 e. The zero-order chi connectivity index (χ0) is 13.0. The van der Waals surface area contributed by atoms with Gasteiger partial charge < -0.3 is 14.9 Å². The monoisotopic (exact) mass is 246 g/mol. The molecule has 0 aliphatic rings. The highest BCUT2D eigenvalue weighted by molar-refractivity contribution is 5.73. The second-order valence-corrected chi connectivity index (χ2v) is 3.50. The molecule has 6 nitrogen and oxygen atoms in total. The third kappa shape index (κ3) is 2.33. The van der Waals surface area contributed by atoms with Crippen LogP contribution in [0, 0.1) is 0 Å². The fourth-order valence-corrected chi connectivity index (χ4v) is 1.60. The molecular weight excluding hydrogens is 232 g/mol. The highest BCUT2D eigenvalue weighted by atomic mass is 16.5. The van der Waals surface area contributed by atoms with Crippen molar-refractivity contribution in [3.63, 3.8) is 0 Å². The van der Waals surface area contributed by atoms with Crippen LogP contribution < -0.4 is 20.7 Å². The summed E-state index contributed by atoms with van der Waals surface area (Å²) in [4.78, 5) is 8.36. The zero-order valence-electron chi connectivity index (χ0n) is 10.2. The van der Waals surface area contributed by atoms with Crippen molar-refractivity contribution in [2.75, 3.05) is 19.6 Å². The van der Waals surface area contributed by atoms with Gasteiger partial charge in [-0.3, -0.25) is 4.98 Å². The van der Waals surface area contributed by atoms with Crippen LogP contribution in [-0.4, -0.2) is 24.2 Å². The summed E-state index contributed by atoms with van der Waals surface area (Å²) in [5.41, 5.74) is 3.96. The van der Waals surface area contributed by atoms with E-state index in [1.165, 1.54) is 0 Å². The fraction of sp³-hybridized carbons (Fsp3) is 0.167. The lowest BCUT2D eigenvalue weighted by Crippen LogP contribution is -2.10. The molecule has 0 aliphatic carbocycles. The summed E-state index contributed by atoms with van der Waals surface area (Å²) in [6.45, 7) is 0. The molecule has 6 heteroatoms. The molecule has 0 saturated heterocycles. The molecule has 1 aromatic carbocycles. The van der Waals surface area contributed by atoms with E-state index in [0.717, 1.165) is 5.56 Å². The van der Waals surface area contributed by atoms with Gasteiger partial charge in [-0.25, -0.2) is 10.8 Å². The first-order valence-corrected chi connectivity index (χ1v) is 5.29. The number of nitrogen functional groups attached to an aromatic ring is 1. The Morgan fingerprint density at radius 2 is 1.61 bits per heavy atom. The second-order valence-electron chi connectivity index (χ2n) is 3.50. The van der Waals surface area contributed by atoms with Gasteiger partial charge in [0.2, 0.25) is 0 Å². The number of anilines is 1. The van der Waals surface area contributed by atoms with E-state index in [4.69, 9.17) is 15.3 Å². The predicted molar refractivity (Wildman–Crippen MR) is 68.4 cm³/mol. The molecule has 0 amide bonds. The van der Waals surface area contributed by atoms with Gasteiger partial charge in [0, 0.05) is 24.0 Å². The Bertz CT molecular complexity index is 523. The topological polar surface area (TPSA) is 82.3 Å². The molecule has 2 aromatic rings. The summed E-state index contributed by atoms with van der Waals surface area (Å²) >= 11 is 0. The van der Waals surface area contributed by atoms with Crippen molar-refractivity contribution in [1.29, 1.82) is 0 Å². The number of hydrazine groups is 1. The van der Waals surface area contributed by atoms with Gasteiger partial charge in [-0.05, 0) is 12.1 Å². The van der Waals surface area contributed by atoms with Crippen LogP contribution in [0.4, 0.5) is 5.82 Å². The lowest BCUT2D eigenvalue weighted by molar-refractivity contribution is 0.394. The van der Waals surface area contributed by atoms with Crippen LogP contribution in [0.5, 0.6) is 11.5 Å². The Labute approximate surface area is 105 Å². The third-order valence-corrected chi connectivity index (χ3v) is 2.46. The number of nitrogens with zero attached hydrogens (tertiary/aromatic N) is 2. The largest absolute Gasteiger partial charge is 0.497 e. The molecule has 2 rings (SSSR count). The Hall–Kier alpha value is -2.34. The van der Waals surface area contributed by atoms with E-state index in [0.29, 0.717) is 23.0 Å². The number of nitrogens with one attached hydrogen (secondary N) is 1. The van der Waals surface area contributed by atoms with Crippen LogP contribution in [0.25, 0.3) is 11.3 Å². The lowest BCUT2D eigenvalue weighted by atomic mass is 10.1. The van der Waals surface area contributed by atoms with Crippen molar-refractivity contribution in [3.8, 4) is 22.8 Å². The van der Waals surface area contributed by atoms with Crippen LogP contribution in [-0.2, 0) is 0 Å². The Morgan fingerprint density at radius 3 is 2.17 bits per heavy atom. The average Bonchev–Trinajstić information content (AvgIpc) is 2.46. The molecule has 0 aliphatic heterocycles. The number of hydrogen-bond acceptors (Lipinski definition) is 6. The van der Waals surface area contributed by atoms with E-state index < -0.39 is 0 Å². The second kappa shape index (κ2) is 5.33. The van der Waals surface area contributed by atoms with E-state index >= 15 is 0 Å². The van der Waals surface area contributed by atoms with Crippen LogP contribution in [0.15, 0.2) is 30.6 Å². The maximum Gasteiger partial charge on any atom is 0.166 e. The SMILES string of the molecule is COc1cc(OC)cc(-c2nccnc2NN)c1. The van der Waals surface area contributed by atoms with Gasteiger partial charge in [0.1, 0.15) is 17.2 Å². The van der Waals surface area contributed by atoms with Crippen molar-refractivity contribution in [2.45, 2.75) is 0 Å². The number of rotatable bonds is 4. The van der Waals surface area contributed by atoms with Gasteiger partial charge in [-0.2, -0.15) is 0 Å². The summed E-state index contributed by atoms with van der Waals surface area (Å²) in [7, 11) is 3.19. The van der Waals surface area contributed by atoms with Crippen molar-refractivity contribution in [3.05, 3.63) is 30.6 Å². The van der Waals surface area contributed by atoms with Gasteiger partial charge >= 0.3 is 0 Å².